The minimum Gasteiger partial charge on any atom is -0.333 e. The third-order valence-corrected chi connectivity index (χ3v) is 7.80. The van der Waals surface area contributed by atoms with Crippen LogP contribution in [0.25, 0.3) is 38.9 Å². The van der Waals surface area contributed by atoms with Gasteiger partial charge in [0, 0.05) is 66.5 Å². The minimum atomic E-state index is -0.123. The molecule has 7 rings (SSSR count). The lowest BCUT2D eigenvalue weighted by molar-refractivity contribution is 0.0495. The molecular weight excluding hydrogens is 537 g/mol. The standard InChI is InChI=1S/C27H21Cl2N9O/c1-15-25(24-20(28)4-3-5-21(24)29)32-26-19-8-16(9-30-22(19)6-7-37(15)26)17-10-31-38(11-17)18-12-36(13-18)27(39)23-14-35(2)34-33-23/h3-11,14,18H,12-13H2,1-2H3. The molecule has 10 nitrogen and oxygen atoms in total. The number of nitrogens with zero attached hydrogens (tertiary/aromatic N) is 9. The minimum absolute atomic E-state index is 0.0948. The van der Waals surface area contributed by atoms with Crippen LogP contribution >= 0.6 is 23.2 Å². The van der Waals surface area contributed by atoms with E-state index in [2.05, 4.69) is 21.5 Å². The van der Waals surface area contributed by atoms with Crippen LogP contribution in [0.3, 0.4) is 0 Å². The van der Waals surface area contributed by atoms with E-state index in [4.69, 9.17) is 33.2 Å². The van der Waals surface area contributed by atoms with Gasteiger partial charge < -0.3 is 9.30 Å². The maximum atomic E-state index is 12.6. The first-order valence-corrected chi connectivity index (χ1v) is 13.0. The van der Waals surface area contributed by atoms with Gasteiger partial charge in [0.25, 0.3) is 5.91 Å². The Labute approximate surface area is 232 Å². The van der Waals surface area contributed by atoms with Crippen molar-refractivity contribution in [2.75, 3.05) is 13.1 Å². The molecule has 1 aromatic carbocycles. The molecule has 1 saturated heterocycles. The average Bonchev–Trinajstić information content (AvgIpc) is 3.63. The zero-order valence-electron chi connectivity index (χ0n) is 21.0. The fourth-order valence-corrected chi connectivity index (χ4v) is 5.60. The summed E-state index contributed by atoms with van der Waals surface area (Å²) < 4.78 is 5.45. The summed E-state index contributed by atoms with van der Waals surface area (Å²) in [5.74, 6) is -0.123. The molecule has 0 atom stereocenters. The Bertz CT molecular complexity index is 1900. The third-order valence-electron chi connectivity index (χ3n) is 7.17. The van der Waals surface area contributed by atoms with Crippen molar-refractivity contribution in [3.05, 3.63) is 82.7 Å². The Kier molecular flexibility index (Phi) is 5.43. The van der Waals surface area contributed by atoms with Crippen LogP contribution in [0.5, 0.6) is 0 Å². The second kappa shape index (κ2) is 8.89. The van der Waals surface area contributed by atoms with Crippen LogP contribution in [0.2, 0.25) is 10.0 Å². The van der Waals surface area contributed by atoms with Crippen molar-refractivity contribution >= 4 is 45.7 Å². The molecular formula is C27H21Cl2N9O. The van der Waals surface area contributed by atoms with E-state index in [1.54, 1.807) is 18.1 Å². The number of aromatic nitrogens is 8. The van der Waals surface area contributed by atoms with E-state index in [9.17, 15) is 4.79 Å². The first kappa shape index (κ1) is 23.8. The fraction of sp³-hybridized carbons (Fsp3) is 0.185. The van der Waals surface area contributed by atoms with E-state index in [1.165, 1.54) is 4.68 Å². The summed E-state index contributed by atoms with van der Waals surface area (Å²) in [4.78, 5) is 24.0. The van der Waals surface area contributed by atoms with Crippen LogP contribution in [-0.2, 0) is 7.05 Å². The fourth-order valence-electron chi connectivity index (χ4n) is 5.02. The molecule has 0 bridgehead atoms. The van der Waals surface area contributed by atoms with Crippen molar-refractivity contribution in [1.29, 1.82) is 0 Å². The van der Waals surface area contributed by atoms with Gasteiger partial charge in [-0.15, -0.1) is 5.10 Å². The van der Waals surface area contributed by atoms with Gasteiger partial charge in [0.1, 0.15) is 5.65 Å². The predicted octanol–water partition coefficient (Wildman–Crippen LogP) is 4.85. The van der Waals surface area contributed by atoms with Gasteiger partial charge in [-0.2, -0.15) is 5.10 Å². The highest BCUT2D eigenvalue weighted by Crippen LogP contribution is 2.37. The van der Waals surface area contributed by atoms with Crippen LogP contribution in [0.4, 0.5) is 0 Å². The maximum absolute atomic E-state index is 12.6. The molecule has 0 aliphatic carbocycles. The molecule has 6 heterocycles. The number of carbonyl (C=O) groups is 1. The second-order valence-electron chi connectivity index (χ2n) is 9.66. The molecule has 6 aromatic rings. The Morgan fingerprint density at radius 2 is 1.85 bits per heavy atom. The van der Waals surface area contributed by atoms with Crippen LogP contribution in [0.15, 0.2) is 61.3 Å². The SMILES string of the molecule is Cc1c(-c2c(Cl)cccc2Cl)nc2c3cc(-c4cnn(C5CN(C(=O)c6cn(C)nn6)C5)c4)cnc3ccn12. The topological polar surface area (TPSA) is 99.0 Å². The lowest BCUT2D eigenvalue weighted by Gasteiger charge is -2.38. The van der Waals surface area contributed by atoms with Gasteiger partial charge in [-0.1, -0.05) is 34.5 Å². The zero-order chi connectivity index (χ0) is 26.8. The highest BCUT2D eigenvalue weighted by molar-refractivity contribution is 6.39. The van der Waals surface area contributed by atoms with Crippen LogP contribution < -0.4 is 0 Å². The van der Waals surface area contributed by atoms with E-state index in [1.807, 2.05) is 65.1 Å². The number of aryl methyl sites for hydroxylation is 2. The number of imidazole rings is 1. The molecule has 1 aliphatic rings. The van der Waals surface area contributed by atoms with Gasteiger partial charge in [0.2, 0.25) is 0 Å². The number of carbonyl (C=O) groups excluding carboxylic acids is 1. The van der Waals surface area contributed by atoms with Gasteiger partial charge >= 0.3 is 0 Å². The number of pyridine rings is 2. The monoisotopic (exact) mass is 557 g/mol. The van der Waals surface area contributed by atoms with Crippen LogP contribution in [0, 0.1) is 6.92 Å². The largest absolute Gasteiger partial charge is 0.333 e. The van der Waals surface area contributed by atoms with Gasteiger partial charge in [0.05, 0.1) is 39.7 Å². The Balaban J connectivity index is 1.20. The lowest BCUT2D eigenvalue weighted by Crippen LogP contribution is -2.51. The Hall–Kier alpha value is -4.28. The van der Waals surface area contributed by atoms with Crippen molar-refractivity contribution in [2.45, 2.75) is 13.0 Å². The summed E-state index contributed by atoms with van der Waals surface area (Å²) in [6.07, 6.45) is 9.24. The molecule has 0 saturated carbocycles. The number of likely N-dealkylation sites (tertiary alicyclic amines) is 1. The van der Waals surface area contributed by atoms with Crippen LogP contribution in [0.1, 0.15) is 22.2 Å². The van der Waals surface area contributed by atoms with E-state index in [0.29, 0.717) is 34.4 Å². The van der Waals surface area contributed by atoms with E-state index in [-0.39, 0.29) is 11.9 Å². The summed E-state index contributed by atoms with van der Waals surface area (Å²) in [5, 5.41) is 14.3. The number of halogens is 2. The maximum Gasteiger partial charge on any atom is 0.276 e. The van der Waals surface area contributed by atoms with Gasteiger partial charge in [-0.25, -0.2) is 4.98 Å². The highest BCUT2D eigenvalue weighted by Gasteiger charge is 2.34. The number of fused-ring (bicyclic) bond motifs is 3. The first-order valence-electron chi connectivity index (χ1n) is 12.3. The first-order chi connectivity index (χ1) is 18.9. The molecule has 0 unspecified atom stereocenters. The lowest BCUT2D eigenvalue weighted by atomic mass is 10.1. The number of amides is 1. The highest BCUT2D eigenvalue weighted by atomic mass is 35.5. The molecule has 1 fully saturated rings. The van der Waals surface area contributed by atoms with Crippen LogP contribution in [-0.4, -0.2) is 63.0 Å². The molecule has 0 radical (unpaired) electrons. The van der Waals surface area contributed by atoms with Gasteiger partial charge in [-0.05, 0) is 31.2 Å². The van der Waals surface area contributed by atoms with Crippen molar-refractivity contribution in [1.82, 2.24) is 44.0 Å². The summed E-state index contributed by atoms with van der Waals surface area (Å²) in [6.45, 7) is 3.13. The van der Waals surface area contributed by atoms with Crippen molar-refractivity contribution in [3.63, 3.8) is 0 Å². The summed E-state index contributed by atoms with van der Waals surface area (Å²) in [7, 11) is 1.74. The summed E-state index contributed by atoms with van der Waals surface area (Å²) in [5.41, 5.74) is 6.20. The second-order valence-corrected chi connectivity index (χ2v) is 10.5. The van der Waals surface area contributed by atoms with Gasteiger partial charge in [0.15, 0.2) is 5.69 Å². The number of rotatable bonds is 4. The number of hydrogen-bond acceptors (Lipinski definition) is 6. The normalized spacial score (nSPS) is 13.9. The Morgan fingerprint density at radius 1 is 1.05 bits per heavy atom. The van der Waals surface area contributed by atoms with E-state index in [0.717, 1.165) is 39.1 Å². The zero-order valence-corrected chi connectivity index (χ0v) is 22.5. The molecule has 1 amide bonds. The third kappa shape index (κ3) is 3.86. The van der Waals surface area contributed by atoms with E-state index < -0.39 is 0 Å². The van der Waals surface area contributed by atoms with Gasteiger partial charge in [-0.3, -0.25) is 19.1 Å². The summed E-state index contributed by atoms with van der Waals surface area (Å²) in [6, 6.07) is 9.59. The van der Waals surface area contributed by atoms with Crippen molar-refractivity contribution < 1.29 is 4.79 Å². The molecule has 39 heavy (non-hydrogen) atoms. The number of hydrogen-bond donors (Lipinski definition) is 0. The molecule has 1 aliphatic heterocycles. The predicted molar refractivity (Wildman–Crippen MR) is 148 cm³/mol. The molecule has 194 valence electrons. The van der Waals surface area contributed by atoms with Crippen molar-refractivity contribution in [3.8, 4) is 22.4 Å². The summed E-state index contributed by atoms with van der Waals surface area (Å²) >= 11 is 13.0. The van der Waals surface area contributed by atoms with E-state index >= 15 is 0 Å². The Morgan fingerprint density at radius 3 is 2.59 bits per heavy atom. The molecule has 0 N–H and O–H groups in total. The molecule has 5 aromatic heterocycles. The molecule has 12 heteroatoms. The quantitative estimate of drug-likeness (QED) is 0.307. The van der Waals surface area contributed by atoms with Crippen molar-refractivity contribution in [2.24, 2.45) is 7.05 Å². The number of benzene rings is 1. The average molecular weight is 558 g/mol. The smallest absolute Gasteiger partial charge is 0.276 e. The molecule has 0 spiro atoms.